The normalized spacial score (nSPS) is 12.4. The molecule has 0 aromatic heterocycles. The maximum absolute atomic E-state index is 11.8. The smallest absolute Gasteiger partial charge is 0.305 e. The van der Waals surface area contributed by atoms with Crippen molar-refractivity contribution in [2.24, 2.45) is 0 Å². The number of carbonyl (C=O) groups is 1. The van der Waals surface area contributed by atoms with E-state index in [1.54, 1.807) is 0 Å². The van der Waals surface area contributed by atoms with Crippen LogP contribution in [-0.2, 0) is 9.53 Å². The summed E-state index contributed by atoms with van der Waals surface area (Å²) in [5.41, 5.74) is 0. The third kappa shape index (κ3) is 30.2. The minimum absolute atomic E-state index is 0.0410. The van der Waals surface area contributed by atoms with E-state index in [2.05, 4.69) is 74.6 Å². The van der Waals surface area contributed by atoms with Crippen LogP contribution in [0.3, 0.4) is 0 Å². The molecule has 0 rings (SSSR count). The third-order valence-corrected chi connectivity index (χ3v) is 6.13. The van der Waals surface area contributed by atoms with E-state index in [4.69, 9.17) is 4.74 Å². The van der Waals surface area contributed by atoms with Gasteiger partial charge in [-0.2, -0.15) is 0 Å². The summed E-state index contributed by atoms with van der Waals surface area (Å²) in [7, 11) is 0. The number of rotatable bonds is 26. The maximum atomic E-state index is 11.8. The van der Waals surface area contributed by atoms with Crippen molar-refractivity contribution in [3.05, 3.63) is 60.8 Å². The molecule has 2 nitrogen and oxygen atoms in total. The monoisotopic (exact) mass is 498 g/mol. The Labute approximate surface area is 225 Å². The van der Waals surface area contributed by atoms with E-state index >= 15 is 0 Å². The first-order valence-corrected chi connectivity index (χ1v) is 15.2. The zero-order chi connectivity index (χ0) is 26.2. The second-order valence-corrected chi connectivity index (χ2v) is 9.72. The molecule has 2 heteroatoms. The van der Waals surface area contributed by atoms with Crippen LogP contribution in [0.25, 0.3) is 0 Å². The van der Waals surface area contributed by atoms with Crippen molar-refractivity contribution in [1.82, 2.24) is 0 Å². The quantitative estimate of drug-likeness (QED) is 0.0673. The Hall–Kier alpha value is -1.83. The number of ether oxygens (including phenoxy) is 1. The number of unbranched alkanes of at least 4 members (excludes halogenated alkanes) is 12. The van der Waals surface area contributed by atoms with Gasteiger partial charge in [-0.25, -0.2) is 0 Å². The van der Waals surface area contributed by atoms with Gasteiger partial charge in [0.05, 0.1) is 6.61 Å². The lowest BCUT2D eigenvalue weighted by Crippen LogP contribution is -2.05. The number of carbonyl (C=O) groups excluding carboxylic acids is 1. The van der Waals surface area contributed by atoms with E-state index in [-0.39, 0.29) is 5.97 Å². The van der Waals surface area contributed by atoms with Crippen LogP contribution < -0.4 is 0 Å². The van der Waals surface area contributed by atoms with Crippen molar-refractivity contribution in [2.75, 3.05) is 6.61 Å². The Morgan fingerprint density at radius 1 is 0.472 bits per heavy atom. The molecular weight excluding hydrogens is 440 g/mol. The topological polar surface area (TPSA) is 26.3 Å². The Kier molecular flexibility index (Phi) is 29.6. The van der Waals surface area contributed by atoms with Crippen LogP contribution in [0.4, 0.5) is 0 Å². The molecule has 0 N–H and O–H groups in total. The first-order valence-electron chi connectivity index (χ1n) is 15.2. The average Bonchev–Trinajstić information content (AvgIpc) is 2.88. The van der Waals surface area contributed by atoms with Gasteiger partial charge in [0.2, 0.25) is 0 Å². The van der Waals surface area contributed by atoms with Crippen LogP contribution in [0.2, 0.25) is 0 Å². The van der Waals surface area contributed by atoms with E-state index < -0.39 is 0 Å². The molecule has 0 aliphatic carbocycles. The predicted molar refractivity (Wildman–Crippen MR) is 160 cm³/mol. The van der Waals surface area contributed by atoms with E-state index in [0.29, 0.717) is 13.0 Å². The number of hydrogen-bond donors (Lipinski definition) is 0. The highest BCUT2D eigenvalue weighted by Crippen LogP contribution is 2.09. The fraction of sp³-hybridized carbons (Fsp3) is 0.676. The molecule has 0 amide bonds. The molecule has 0 heterocycles. The highest BCUT2D eigenvalue weighted by molar-refractivity contribution is 5.69. The second-order valence-electron chi connectivity index (χ2n) is 9.72. The fourth-order valence-electron chi connectivity index (χ4n) is 3.81. The summed E-state index contributed by atoms with van der Waals surface area (Å²) < 4.78 is 5.37. The predicted octanol–water partition coefficient (Wildman–Crippen LogP) is 11.2. The minimum Gasteiger partial charge on any atom is -0.466 e. The Bertz CT molecular complexity index is 594. The van der Waals surface area contributed by atoms with Gasteiger partial charge in [0.25, 0.3) is 0 Å². The molecule has 0 radical (unpaired) electrons. The van der Waals surface area contributed by atoms with E-state index in [1.807, 2.05) is 0 Å². The third-order valence-electron chi connectivity index (χ3n) is 6.13. The first-order chi connectivity index (χ1) is 17.8. The minimum atomic E-state index is -0.0410. The summed E-state index contributed by atoms with van der Waals surface area (Å²) >= 11 is 0. The molecule has 0 unspecified atom stereocenters. The maximum Gasteiger partial charge on any atom is 0.305 e. The molecule has 0 aromatic rings. The molecular formula is C34H58O2. The van der Waals surface area contributed by atoms with Gasteiger partial charge in [0.15, 0.2) is 0 Å². The highest BCUT2D eigenvalue weighted by atomic mass is 16.5. The van der Waals surface area contributed by atoms with Gasteiger partial charge in [-0.3, -0.25) is 4.79 Å². The van der Waals surface area contributed by atoms with Gasteiger partial charge in [-0.1, -0.05) is 126 Å². The van der Waals surface area contributed by atoms with Crippen LogP contribution in [0.15, 0.2) is 60.8 Å². The summed E-state index contributed by atoms with van der Waals surface area (Å²) in [4.78, 5) is 11.8. The van der Waals surface area contributed by atoms with Gasteiger partial charge in [0, 0.05) is 6.42 Å². The van der Waals surface area contributed by atoms with Gasteiger partial charge in [-0.15, -0.1) is 0 Å². The zero-order valence-electron chi connectivity index (χ0n) is 23.9. The lowest BCUT2D eigenvalue weighted by atomic mass is 10.1. The largest absolute Gasteiger partial charge is 0.466 e. The van der Waals surface area contributed by atoms with Gasteiger partial charge in [0.1, 0.15) is 0 Å². The first kappa shape index (κ1) is 34.2. The molecule has 0 fully saturated rings. The van der Waals surface area contributed by atoms with E-state index in [1.165, 1.54) is 83.5 Å². The van der Waals surface area contributed by atoms with Gasteiger partial charge < -0.3 is 4.74 Å². The van der Waals surface area contributed by atoms with Crippen LogP contribution in [-0.4, -0.2) is 12.6 Å². The van der Waals surface area contributed by atoms with Crippen LogP contribution in [0, 0.1) is 0 Å². The van der Waals surface area contributed by atoms with Crippen LogP contribution in [0.5, 0.6) is 0 Å². The lowest BCUT2D eigenvalue weighted by molar-refractivity contribution is -0.143. The molecule has 0 bridgehead atoms. The number of esters is 1. The van der Waals surface area contributed by atoms with Gasteiger partial charge >= 0.3 is 5.97 Å². The summed E-state index contributed by atoms with van der Waals surface area (Å²) in [5.74, 6) is -0.0410. The van der Waals surface area contributed by atoms with E-state index in [9.17, 15) is 4.79 Å². The fourth-order valence-corrected chi connectivity index (χ4v) is 3.81. The molecule has 206 valence electrons. The average molecular weight is 499 g/mol. The van der Waals surface area contributed by atoms with Crippen molar-refractivity contribution in [1.29, 1.82) is 0 Å². The molecule has 0 aromatic carbocycles. The number of allylic oxidation sites excluding steroid dienone is 10. The lowest BCUT2D eigenvalue weighted by Gasteiger charge is -2.04. The molecule has 36 heavy (non-hydrogen) atoms. The van der Waals surface area contributed by atoms with Crippen molar-refractivity contribution in [2.45, 2.75) is 142 Å². The molecule has 0 saturated heterocycles. The molecule has 0 saturated carbocycles. The molecule has 0 spiro atoms. The Morgan fingerprint density at radius 3 is 1.47 bits per heavy atom. The number of hydrogen-bond acceptors (Lipinski definition) is 2. The van der Waals surface area contributed by atoms with Crippen molar-refractivity contribution in [3.63, 3.8) is 0 Å². The zero-order valence-corrected chi connectivity index (χ0v) is 23.9. The second kappa shape index (κ2) is 31.2. The standard InChI is InChI=1S/C34H58O2/c1-3-5-7-9-11-13-15-17-18-19-20-21-22-24-26-28-30-32-34(35)36-33-31-29-27-25-23-16-14-12-10-8-6-4-2/h10-13,17-18,20-21,24,26H,3-9,14-16,19,22-23,25,27-33H2,1-2H3/b12-10+,13-11-,18-17-,21-20-,26-24-. The molecule has 0 aliphatic heterocycles. The molecule has 0 aliphatic rings. The SMILES string of the molecule is CCCC/C=C/CCCCCCCCOC(=O)CCC/C=C\C/C=C\C/C=C\C/C=C\CCCCC. The molecule has 0 atom stereocenters. The summed E-state index contributed by atoms with van der Waals surface area (Å²) in [5, 5.41) is 0. The Morgan fingerprint density at radius 2 is 0.889 bits per heavy atom. The summed E-state index contributed by atoms with van der Waals surface area (Å²) in [6.45, 7) is 5.07. The van der Waals surface area contributed by atoms with Crippen LogP contribution in [0.1, 0.15) is 142 Å². The van der Waals surface area contributed by atoms with Gasteiger partial charge in [-0.05, 0) is 70.6 Å². The van der Waals surface area contributed by atoms with Crippen molar-refractivity contribution < 1.29 is 9.53 Å². The van der Waals surface area contributed by atoms with Crippen molar-refractivity contribution in [3.8, 4) is 0 Å². The van der Waals surface area contributed by atoms with Crippen LogP contribution >= 0.6 is 0 Å². The van der Waals surface area contributed by atoms with E-state index in [0.717, 1.165) is 38.5 Å². The van der Waals surface area contributed by atoms with Crippen molar-refractivity contribution >= 4 is 5.97 Å². The highest BCUT2D eigenvalue weighted by Gasteiger charge is 2.01. The Balaban J connectivity index is 3.40. The summed E-state index contributed by atoms with van der Waals surface area (Å²) in [6.07, 6.45) is 45.4. The summed E-state index contributed by atoms with van der Waals surface area (Å²) in [6, 6.07) is 0.